The van der Waals surface area contributed by atoms with Gasteiger partial charge in [0.2, 0.25) is 0 Å². The van der Waals surface area contributed by atoms with Gasteiger partial charge in [0.05, 0.1) is 6.61 Å². The number of nitrogens with one attached hydrogen (secondary N) is 1. The van der Waals surface area contributed by atoms with Crippen molar-refractivity contribution in [2.75, 3.05) is 18.5 Å². The van der Waals surface area contributed by atoms with Crippen molar-refractivity contribution in [3.63, 3.8) is 0 Å². The number of ether oxygens (including phenoxy) is 2. The molecule has 0 spiro atoms. The third-order valence-electron chi connectivity index (χ3n) is 3.07. The highest BCUT2D eigenvalue weighted by atomic mass is 79.9. The first-order valence-corrected chi connectivity index (χ1v) is 8.38. The third-order valence-corrected chi connectivity index (χ3v) is 3.56. The van der Waals surface area contributed by atoms with Crippen molar-refractivity contribution in [3.05, 3.63) is 53.0 Å². The summed E-state index contributed by atoms with van der Waals surface area (Å²) in [6.45, 7) is 2.80. The van der Waals surface area contributed by atoms with Gasteiger partial charge in [0.15, 0.2) is 6.61 Å². The summed E-state index contributed by atoms with van der Waals surface area (Å²) in [7, 11) is 0. The second-order valence-electron chi connectivity index (χ2n) is 5.02. The van der Waals surface area contributed by atoms with Gasteiger partial charge in [-0.2, -0.15) is 0 Å². The van der Waals surface area contributed by atoms with E-state index in [0.717, 1.165) is 28.8 Å². The van der Waals surface area contributed by atoms with Gasteiger partial charge in [-0.25, -0.2) is 0 Å². The van der Waals surface area contributed by atoms with E-state index in [2.05, 4.69) is 28.2 Å². The second kappa shape index (κ2) is 9.20. The molecule has 5 heteroatoms. The Labute approximate surface area is 144 Å². The third kappa shape index (κ3) is 6.32. The normalized spacial score (nSPS) is 10.2. The maximum atomic E-state index is 11.9. The van der Waals surface area contributed by atoms with Crippen molar-refractivity contribution >= 4 is 27.5 Å². The smallest absolute Gasteiger partial charge is 0.262 e. The Balaban J connectivity index is 1.78. The van der Waals surface area contributed by atoms with E-state index in [1.807, 2.05) is 42.5 Å². The number of anilines is 1. The van der Waals surface area contributed by atoms with Crippen LogP contribution in [0.4, 0.5) is 5.69 Å². The van der Waals surface area contributed by atoms with Crippen LogP contribution in [-0.4, -0.2) is 19.1 Å². The number of halogens is 1. The second-order valence-corrected chi connectivity index (χ2v) is 5.94. The summed E-state index contributed by atoms with van der Waals surface area (Å²) in [4.78, 5) is 11.9. The van der Waals surface area contributed by atoms with Crippen LogP contribution in [0.1, 0.15) is 19.8 Å². The van der Waals surface area contributed by atoms with Crippen LogP contribution in [0.2, 0.25) is 0 Å². The van der Waals surface area contributed by atoms with E-state index in [1.54, 1.807) is 6.07 Å². The molecule has 2 aromatic carbocycles. The van der Waals surface area contributed by atoms with Gasteiger partial charge < -0.3 is 14.8 Å². The predicted octanol–water partition coefficient (Wildman–Crippen LogP) is 4.65. The molecule has 4 nitrogen and oxygen atoms in total. The average Bonchev–Trinajstić information content (AvgIpc) is 2.55. The van der Waals surface area contributed by atoms with Crippen LogP contribution in [0, 0.1) is 0 Å². The highest BCUT2D eigenvalue weighted by Crippen LogP contribution is 2.18. The fourth-order valence-electron chi connectivity index (χ4n) is 1.87. The summed E-state index contributed by atoms with van der Waals surface area (Å²) in [5.41, 5.74) is 0.718. The van der Waals surface area contributed by atoms with E-state index in [-0.39, 0.29) is 12.5 Å². The zero-order valence-electron chi connectivity index (χ0n) is 13.0. The summed E-state index contributed by atoms with van der Waals surface area (Å²) in [6, 6.07) is 14.7. The van der Waals surface area contributed by atoms with Crippen molar-refractivity contribution in [1.29, 1.82) is 0 Å². The molecule has 0 unspecified atom stereocenters. The van der Waals surface area contributed by atoms with Crippen LogP contribution in [0.5, 0.6) is 11.5 Å². The van der Waals surface area contributed by atoms with Crippen molar-refractivity contribution in [2.24, 2.45) is 0 Å². The lowest BCUT2D eigenvalue weighted by Gasteiger charge is -2.09. The van der Waals surface area contributed by atoms with Crippen LogP contribution >= 0.6 is 15.9 Å². The lowest BCUT2D eigenvalue weighted by atomic mass is 10.3. The molecule has 0 atom stereocenters. The standard InChI is InChI=1S/C18H20BrNO3/c1-2-3-11-22-16-9-7-15(8-10-16)20-18(21)13-23-17-6-4-5-14(19)12-17/h4-10,12H,2-3,11,13H2,1H3,(H,20,21). The van der Waals surface area contributed by atoms with E-state index in [0.29, 0.717) is 12.4 Å². The van der Waals surface area contributed by atoms with E-state index >= 15 is 0 Å². The number of amides is 1. The van der Waals surface area contributed by atoms with Crippen LogP contribution in [0.15, 0.2) is 53.0 Å². The van der Waals surface area contributed by atoms with Gasteiger partial charge in [0.1, 0.15) is 11.5 Å². The predicted molar refractivity (Wildman–Crippen MR) is 95.1 cm³/mol. The Morgan fingerprint density at radius 2 is 1.87 bits per heavy atom. The van der Waals surface area contributed by atoms with Gasteiger partial charge in [-0.1, -0.05) is 35.3 Å². The van der Waals surface area contributed by atoms with Crippen LogP contribution in [0.25, 0.3) is 0 Å². The average molecular weight is 378 g/mol. The van der Waals surface area contributed by atoms with Crippen LogP contribution in [0.3, 0.4) is 0 Å². The first kappa shape index (κ1) is 17.3. The number of unbranched alkanes of at least 4 members (excludes halogenated alkanes) is 1. The number of carbonyl (C=O) groups is 1. The minimum atomic E-state index is -0.204. The molecule has 2 rings (SSSR count). The summed E-state index contributed by atoms with van der Waals surface area (Å²) < 4.78 is 11.9. The SMILES string of the molecule is CCCCOc1ccc(NC(=O)COc2cccc(Br)c2)cc1. The topological polar surface area (TPSA) is 47.6 Å². The zero-order chi connectivity index (χ0) is 16.5. The monoisotopic (exact) mass is 377 g/mol. The quantitative estimate of drug-likeness (QED) is 0.681. The Morgan fingerprint density at radius 1 is 1.09 bits per heavy atom. The van der Waals surface area contributed by atoms with E-state index in [9.17, 15) is 4.79 Å². The molecule has 0 fully saturated rings. The van der Waals surface area contributed by atoms with Gasteiger partial charge in [-0.3, -0.25) is 4.79 Å². The minimum Gasteiger partial charge on any atom is -0.494 e. The van der Waals surface area contributed by atoms with Crippen molar-refractivity contribution in [3.8, 4) is 11.5 Å². The van der Waals surface area contributed by atoms with Gasteiger partial charge >= 0.3 is 0 Å². The lowest BCUT2D eigenvalue weighted by Crippen LogP contribution is -2.20. The fraction of sp³-hybridized carbons (Fsp3) is 0.278. The molecular weight excluding hydrogens is 358 g/mol. The Kier molecular flexibility index (Phi) is 6.94. The van der Waals surface area contributed by atoms with Gasteiger partial charge in [-0.15, -0.1) is 0 Å². The maximum absolute atomic E-state index is 11.9. The Morgan fingerprint density at radius 3 is 2.57 bits per heavy atom. The molecule has 122 valence electrons. The molecule has 0 aromatic heterocycles. The number of hydrogen-bond donors (Lipinski definition) is 1. The molecule has 0 aliphatic heterocycles. The van der Waals surface area contributed by atoms with Crippen LogP contribution < -0.4 is 14.8 Å². The van der Waals surface area contributed by atoms with Gasteiger partial charge in [-0.05, 0) is 48.9 Å². The van der Waals surface area contributed by atoms with Crippen molar-refractivity contribution < 1.29 is 14.3 Å². The van der Waals surface area contributed by atoms with Gasteiger partial charge in [0.25, 0.3) is 5.91 Å². The summed E-state index contributed by atoms with van der Waals surface area (Å²) in [5, 5.41) is 2.79. The van der Waals surface area contributed by atoms with Crippen molar-refractivity contribution in [1.82, 2.24) is 0 Å². The highest BCUT2D eigenvalue weighted by Gasteiger charge is 2.04. The first-order valence-electron chi connectivity index (χ1n) is 7.58. The molecule has 0 bridgehead atoms. The summed E-state index contributed by atoms with van der Waals surface area (Å²) in [6.07, 6.45) is 2.14. The molecule has 1 amide bonds. The van der Waals surface area contributed by atoms with E-state index < -0.39 is 0 Å². The molecule has 0 aliphatic rings. The number of hydrogen-bond acceptors (Lipinski definition) is 3. The molecule has 0 saturated heterocycles. The fourth-order valence-corrected chi connectivity index (χ4v) is 2.25. The molecule has 0 radical (unpaired) electrons. The molecular formula is C18H20BrNO3. The number of benzene rings is 2. The molecule has 0 aliphatic carbocycles. The van der Waals surface area contributed by atoms with Crippen molar-refractivity contribution in [2.45, 2.75) is 19.8 Å². The summed E-state index contributed by atoms with van der Waals surface area (Å²) in [5.74, 6) is 1.25. The zero-order valence-corrected chi connectivity index (χ0v) is 14.6. The molecule has 1 N–H and O–H groups in total. The summed E-state index contributed by atoms with van der Waals surface area (Å²) >= 11 is 3.36. The molecule has 0 saturated carbocycles. The molecule has 2 aromatic rings. The number of rotatable bonds is 8. The van der Waals surface area contributed by atoms with E-state index in [4.69, 9.17) is 9.47 Å². The first-order chi connectivity index (χ1) is 11.2. The number of carbonyl (C=O) groups excluding carboxylic acids is 1. The highest BCUT2D eigenvalue weighted by molar-refractivity contribution is 9.10. The van der Waals surface area contributed by atoms with E-state index in [1.165, 1.54) is 0 Å². The van der Waals surface area contributed by atoms with Gasteiger partial charge in [0, 0.05) is 10.2 Å². The minimum absolute atomic E-state index is 0.0365. The van der Waals surface area contributed by atoms with Crippen LogP contribution in [-0.2, 0) is 4.79 Å². The molecule has 0 heterocycles. The Hall–Kier alpha value is -2.01. The Bertz CT molecular complexity index is 628. The lowest BCUT2D eigenvalue weighted by molar-refractivity contribution is -0.118. The maximum Gasteiger partial charge on any atom is 0.262 e. The largest absolute Gasteiger partial charge is 0.494 e. The molecule has 23 heavy (non-hydrogen) atoms.